The van der Waals surface area contributed by atoms with Gasteiger partial charge in [0.25, 0.3) is 0 Å². The number of unbranched alkanes of at least 4 members (excludes halogenated alkanes) is 9. The van der Waals surface area contributed by atoms with Crippen LogP contribution in [-0.2, 0) is 10.0 Å². The molecule has 0 N–H and O–H groups in total. The zero-order chi connectivity index (χ0) is 19.0. The van der Waals surface area contributed by atoms with Gasteiger partial charge in [-0.2, -0.15) is 5.26 Å². The predicted molar refractivity (Wildman–Crippen MR) is 107 cm³/mol. The Kier molecular flexibility index (Phi) is 15.3. The molecule has 5 heteroatoms. The van der Waals surface area contributed by atoms with Crippen LogP contribution in [0, 0.1) is 11.3 Å². The Morgan fingerprint density at radius 3 is 1.60 bits per heavy atom. The number of sulfonamides is 1. The Labute approximate surface area is 157 Å². The minimum Gasteiger partial charge on any atom is -0.211 e. The molecule has 0 aliphatic heterocycles. The predicted octanol–water partition coefficient (Wildman–Crippen LogP) is 5.64. The summed E-state index contributed by atoms with van der Waals surface area (Å²) in [5.41, 5.74) is 0. The number of hydrogen-bond donors (Lipinski definition) is 0. The fraction of sp³-hybridized carbons (Fsp3) is 0.950. The van der Waals surface area contributed by atoms with Gasteiger partial charge in [0.15, 0.2) is 5.25 Å². The number of hydrogen-bond acceptors (Lipinski definition) is 3. The van der Waals surface area contributed by atoms with Crippen LogP contribution in [0.1, 0.15) is 104 Å². The van der Waals surface area contributed by atoms with Gasteiger partial charge in [0, 0.05) is 13.1 Å². The molecule has 0 saturated heterocycles. The van der Waals surface area contributed by atoms with E-state index in [4.69, 9.17) is 0 Å². The molecule has 0 aromatic heterocycles. The molecule has 4 nitrogen and oxygen atoms in total. The summed E-state index contributed by atoms with van der Waals surface area (Å²) < 4.78 is 27.5. The maximum atomic E-state index is 13.0. The molecular formula is C20H40N2O2S. The molecule has 0 spiro atoms. The monoisotopic (exact) mass is 372 g/mol. The molecule has 0 aromatic carbocycles. The lowest BCUT2D eigenvalue weighted by molar-refractivity contribution is 0.381. The topological polar surface area (TPSA) is 61.2 Å². The molecule has 0 fully saturated rings. The van der Waals surface area contributed by atoms with Crippen molar-refractivity contribution in [3.63, 3.8) is 0 Å². The molecule has 0 aromatic rings. The van der Waals surface area contributed by atoms with Crippen molar-refractivity contribution in [1.82, 2.24) is 4.31 Å². The second-order valence-electron chi connectivity index (χ2n) is 7.03. The molecule has 148 valence electrons. The lowest BCUT2D eigenvalue weighted by Crippen LogP contribution is -2.39. The highest BCUT2D eigenvalue weighted by molar-refractivity contribution is 7.90. The normalized spacial score (nSPS) is 13.1. The van der Waals surface area contributed by atoms with E-state index in [-0.39, 0.29) is 0 Å². The molecule has 0 aliphatic carbocycles. The summed E-state index contributed by atoms with van der Waals surface area (Å²) in [5.74, 6) is 0. The molecule has 25 heavy (non-hydrogen) atoms. The molecule has 0 radical (unpaired) electrons. The van der Waals surface area contributed by atoms with Crippen molar-refractivity contribution in [2.45, 2.75) is 109 Å². The summed E-state index contributed by atoms with van der Waals surface area (Å²) in [6.07, 6.45) is 13.0. The van der Waals surface area contributed by atoms with Crippen molar-refractivity contribution in [1.29, 1.82) is 5.26 Å². The van der Waals surface area contributed by atoms with Crippen LogP contribution in [0.4, 0.5) is 0 Å². The number of rotatable bonds is 17. The summed E-state index contributed by atoms with van der Waals surface area (Å²) >= 11 is 0. The van der Waals surface area contributed by atoms with E-state index in [0.717, 1.165) is 77.0 Å². The van der Waals surface area contributed by atoms with Crippen molar-refractivity contribution in [2.75, 3.05) is 13.1 Å². The first-order chi connectivity index (χ1) is 12.0. The van der Waals surface area contributed by atoms with E-state index < -0.39 is 15.3 Å². The van der Waals surface area contributed by atoms with Crippen molar-refractivity contribution in [3.8, 4) is 6.07 Å². The third-order valence-electron chi connectivity index (χ3n) is 4.71. The summed E-state index contributed by atoms with van der Waals surface area (Å²) in [4.78, 5) is 0. The van der Waals surface area contributed by atoms with Crippen molar-refractivity contribution < 1.29 is 8.42 Å². The average molecular weight is 373 g/mol. The van der Waals surface area contributed by atoms with Crippen molar-refractivity contribution in [2.24, 2.45) is 0 Å². The van der Waals surface area contributed by atoms with Crippen LogP contribution in [0.25, 0.3) is 0 Å². The standard InChI is InChI=1S/C20H40N2O2S/c1-4-7-10-13-16-20(19-21)25(23,24)22(17-14-11-8-5-2)18-15-12-9-6-3/h20H,4-18H2,1-3H3. The zero-order valence-electron chi connectivity index (χ0n) is 16.8. The van der Waals surface area contributed by atoms with Crippen LogP contribution < -0.4 is 0 Å². The van der Waals surface area contributed by atoms with Crippen LogP contribution in [-0.4, -0.2) is 31.1 Å². The van der Waals surface area contributed by atoms with Crippen LogP contribution in [0.3, 0.4) is 0 Å². The van der Waals surface area contributed by atoms with Gasteiger partial charge in [-0.25, -0.2) is 12.7 Å². The van der Waals surface area contributed by atoms with Crippen molar-refractivity contribution >= 4 is 10.0 Å². The second kappa shape index (κ2) is 15.6. The van der Waals surface area contributed by atoms with E-state index in [1.165, 1.54) is 0 Å². The first kappa shape index (κ1) is 24.4. The largest absolute Gasteiger partial charge is 0.230 e. The highest BCUT2D eigenvalue weighted by Gasteiger charge is 2.31. The van der Waals surface area contributed by atoms with E-state index in [2.05, 4.69) is 26.8 Å². The van der Waals surface area contributed by atoms with E-state index in [9.17, 15) is 13.7 Å². The van der Waals surface area contributed by atoms with Gasteiger partial charge in [0.05, 0.1) is 6.07 Å². The van der Waals surface area contributed by atoms with Gasteiger partial charge in [-0.3, -0.25) is 0 Å². The summed E-state index contributed by atoms with van der Waals surface area (Å²) in [7, 11) is -3.50. The smallest absolute Gasteiger partial charge is 0.211 e. The van der Waals surface area contributed by atoms with E-state index >= 15 is 0 Å². The lowest BCUT2D eigenvalue weighted by Gasteiger charge is -2.25. The fourth-order valence-corrected chi connectivity index (χ4v) is 4.74. The summed E-state index contributed by atoms with van der Waals surface area (Å²) in [6.45, 7) is 7.58. The second-order valence-corrected chi connectivity index (χ2v) is 9.15. The molecular weight excluding hydrogens is 332 g/mol. The Morgan fingerprint density at radius 1 is 0.760 bits per heavy atom. The Bertz CT molecular complexity index is 431. The van der Waals surface area contributed by atoms with E-state index in [1.54, 1.807) is 4.31 Å². The molecule has 0 aliphatic rings. The van der Waals surface area contributed by atoms with Gasteiger partial charge in [-0.1, -0.05) is 85.0 Å². The summed E-state index contributed by atoms with van der Waals surface area (Å²) in [6, 6.07) is 2.07. The molecule has 0 rings (SSSR count). The number of nitrogens with zero attached hydrogens (tertiary/aromatic N) is 2. The molecule has 1 atom stereocenters. The van der Waals surface area contributed by atoms with Gasteiger partial charge in [0.1, 0.15) is 0 Å². The minimum absolute atomic E-state index is 0.471. The maximum Gasteiger partial charge on any atom is 0.230 e. The molecule has 0 saturated carbocycles. The molecule has 0 heterocycles. The first-order valence-corrected chi connectivity index (χ1v) is 11.9. The van der Waals surface area contributed by atoms with E-state index in [0.29, 0.717) is 19.5 Å². The molecule has 0 bridgehead atoms. The molecule has 0 amide bonds. The van der Waals surface area contributed by atoms with Crippen LogP contribution in [0.2, 0.25) is 0 Å². The highest BCUT2D eigenvalue weighted by Crippen LogP contribution is 2.18. The van der Waals surface area contributed by atoms with Gasteiger partial charge >= 0.3 is 0 Å². The highest BCUT2D eigenvalue weighted by atomic mass is 32.2. The third-order valence-corrected chi connectivity index (χ3v) is 6.85. The number of nitriles is 1. The van der Waals surface area contributed by atoms with Crippen LogP contribution in [0.5, 0.6) is 0 Å². The van der Waals surface area contributed by atoms with E-state index in [1.807, 2.05) is 0 Å². The van der Waals surface area contributed by atoms with Crippen LogP contribution in [0.15, 0.2) is 0 Å². The Balaban J connectivity index is 4.77. The quantitative estimate of drug-likeness (QED) is 0.310. The maximum absolute atomic E-state index is 13.0. The third kappa shape index (κ3) is 10.9. The first-order valence-electron chi connectivity index (χ1n) is 10.4. The van der Waals surface area contributed by atoms with Crippen LogP contribution >= 0.6 is 0 Å². The average Bonchev–Trinajstić information content (AvgIpc) is 2.60. The summed E-state index contributed by atoms with van der Waals surface area (Å²) in [5, 5.41) is 8.56. The Morgan fingerprint density at radius 2 is 1.20 bits per heavy atom. The fourth-order valence-electron chi connectivity index (χ4n) is 3.01. The zero-order valence-corrected chi connectivity index (χ0v) is 17.6. The SMILES string of the molecule is CCCCCCC(C#N)S(=O)(=O)N(CCCCCC)CCCCCC. The van der Waals surface area contributed by atoms with Gasteiger partial charge in [0.2, 0.25) is 10.0 Å². The van der Waals surface area contributed by atoms with Crippen molar-refractivity contribution in [3.05, 3.63) is 0 Å². The van der Waals surface area contributed by atoms with Gasteiger partial charge in [-0.05, 0) is 19.3 Å². The van der Waals surface area contributed by atoms with Gasteiger partial charge < -0.3 is 0 Å². The lowest BCUT2D eigenvalue weighted by atomic mass is 10.1. The van der Waals surface area contributed by atoms with Gasteiger partial charge in [-0.15, -0.1) is 0 Å². The minimum atomic E-state index is -3.50. The Hall–Kier alpha value is -0.600. The molecule has 1 unspecified atom stereocenters.